The minimum atomic E-state index is 0.662. The summed E-state index contributed by atoms with van der Waals surface area (Å²) < 4.78 is 2.47. The molecule has 0 aromatic heterocycles. The van der Waals surface area contributed by atoms with Crippen LogP contribution in [0.2, 0.25) is 0 Å². The zero-order valence-electron chi connectivity index (χ0n) is 9.25. The highest BCUT2D eigenvalue weighted by Crippen LogP contribution is 2.43. The third kappa shape index (κ3) is 1.80. The lowest BCUT2D eigenvalue weighted by Gasteiger charge is -2.53. The molecule has 0 saturated carbocycles. The second-order valence-corrected chi connectivity index (χ2v) is 5.58. The molecule has 0 bridgehead atoms. The second kappa shape index (κ2) is 3.78. The first-order chi connectivity index (χ1) is 6.65. The van der Waals surface area contributed by atoms with Crippen LogP contribution in [0.3, 0.4) is 0 Å². The number of allylic oxidation sites excluding steroid dienone is 1. The standard InChI is InChI=1S/C11H20N2S/c1-10(2)12-6-4-11(5-7-12)8-13(9-11)14-3/h1,4-9H2,2-3H3. The molecule has 1 spiro atoms. The number of nitrogens with zero attached hydrogens (tertiary/aromatic N) is 2. The third-order valence-electron chi connectivity index (χ3n) is 3.65. The van der Waals surface area contributed by atoms with E-state index in [9.17, 15) is 0 Å². The van der Waals surface area contributed by atoms with Crippen molar-refractivity contribution in [3.05, 3.63) is 12.3 Å². The van der Waals surface area contributed by atoms with Crippen molar-refractivity contribution in [2.75, 3.05) is 32.4 Å². The van der Waals surface area contributed by atoms with E-state index in [1.807, 2.05) is 11.9 Å². The maximum atomic E-state index is 4.01. The van der Waals surface area contributed by atoms with Gasteiger partial charge in [0.25, 0.3) is 0 Å². The fourth-order valence-corrected chi connectivity index (χ4v) is 3.32. The molecule has 3 heteroatoms. The lowest BCUT2D eigenvalue weighted by Crippen LogP contribution is -2.57. The first-order valence-corrected chi connectivity index (χ1v) is 6.53. The molecule has 2 aliphatic rings. The zero-order valence-corrected chi connectivity index (χ0v) is 10.1. The summed E-state index contributed by atoms with van der Waals surface area (Å²) in [6.45, 7) is 11.2. The summed E-state index contributed by atoms with van der Waals surface area (Å²) in [5, 5.41) is 0. The first-order valence-electron chi connectivity index (χ1n) is 5.35. The molecule has 0 aliphatic carbocycles. The van der Waals surface area contributed by atoms with Gasteiger partial charge in [-0.2, -0.15) is 0 Å². The van der Waals surface area contributed by atoms with Crippen molar-refractivity contribution in [1.29, 1.82) is 0 Å². The second-order valence-electron chi connectivity index (χ2n) is 4.70. The van der Waals surface area contributed by atoms with Crippen LogP contribution in [0.1, 0.15) is 19.8 Å². The van der Waals surface area contributed by atoms with Crippen molar-refractivity contribution in [2.24, 2.45) is 5.41 Å². The molecule has 2 fully saturated rings. The van der Waals surface area contributed by atoms with Gasteiger partial charge in [-0.1, -0.05) is 18.5 Å². The summed E-state index contributed by atoms with van der Waals surface area (Å²) in [5.74, 6) is 0. The van der Waals surface area contributed by atoms with E-state index < -0.39 is 0 Å². The Morgan fingerprint density at radius 2 is 1.86 bits per heavy atom. The predicted octanol–water partition coefficient (Wildman–Crippen LogP) is 2.20. The van der Waals surface area contributed by atoms with Crippen molar-refractivity contribution in [3.8, 4) is 0 Å². The fraction of sp³-hybridized carbons (Fsp3) is 0.818. The number of rotatable bonds is 2. The van der Waals surface area contributed by atoms with Gasteiger partial charge < -0.3 is 4.90 Å². The maximum Gasteiger partial charge on any atom is 0.0180 e. The average Bonchev–Trinajstić information content (AvgIpc) is 2.14. The minimum Gasteiger partial charge on any atom is -0.375 e. The number of hydrogen-bond acceptors (Lipinski definition) is 3. The molecule has 0 aromatic carbocycles. The van der Waals surface area contributed by atoms with Crippen molar-refractivity contribution in [3.63, 3.8) is 0 Å². The molecule has 0 amide bonds. The molecule has 2 aliphatic heterocycles. The SMILES string of the molecule is C=C(C)N1CCC2(CC1)CN(SC)C2. The number of piperidine rings is 1. The van der Waals surface area contributed by atoms with Crippen molar-refractivity contribution < 1.29 is 0 Å². The Hall–Kier alpha value is -0.150. The molecule has 80 valence electrons. The monoisotopic (exact) mass is 212 g/mol. The molecule has 0 radical (unpaired) electrons. The van der Waals surface area contributed by atoms with Crippen LogP contribution in [0.5, 0.6) is 0 Å². The number of likely N-dealkylation sites (tertiary alicyclic amines) is 1. The van der Waals surface area contributed by atoms with Gasteiger partial charge in [-0.15, -0.1) is 0 Å². The summed E-state index contributed by atoms with van der Waals surface area (Å²) in [5.41, 5.74) is 1.90. The molecule has 14 heavy (non-hydrogen) atoms. The van der Waals surface area contributed by atoms with E-state index in [1.54, 1.807) is 0 Å². The fourth-order valence-electron chi connectivity index (χ4n) is 2.51. The summed E-state index contributed by atoms with van der Waals surface area (Å²) in [6.07, 6.45) is 4.89. The summed E-state index contributed by atoms with van der Waals surface area (Å²) in [7, 11) is 0. The van der Waals surface area contributed by atoms with E-state index in [4.69, 9.17) is 0 Å². The van der Waals surface area contributed by atoms with Gasteiger partial charge in [0.05, 0.1) is 0 Å². The van der Waals surface area contributed by atoms with Gasteiger partial charge in [0.1, 0.15) is 0 Å². The van der Waals surface area contributed by atoms with Crippen molar-refractivity contribution in [1.82, 2.24) is 9.21 Å². The molecule has 2 nitrogen and oxygen atoms in total. The van der Waals surface area contributed by atoms with E-state index in [0.29, 0.717) is 5.41 Å². The normalized spacial score (nSPS) is 26.3. The summed E-state index contributed by atoms with van der Waals surface area (Å²) >= 11 is 1.89. The third-order valence-corrected chi connectivity index (χ3v) is 4.42. The highest BCUT2D eigenvalue weighted by molar-refractivity contribution is 7.96. The van der Waals surface area contributed by atoms with E-state index >= 15 is 0 Å². The quantitative estimate of drug-likeness (QED) is 0.648. The Labute approximate surface area is 91.5 Å². The average molecular weight is 212 g/mol. The molecule has 0 N–H and O–H groups in total. The van der Waals surface area contributed by atoms with Gasteiger partial charge in [-0.05, 0) is 26.0 Å². The molecular weight excluding hydrogens is 192 g/mol. The van der Waals surface area contributed by atoms with Gasteiger partial charge in [0, 0.05) is 37.3 Å². The Kier molecular flexibility index (Phi) is 2.80. The molecule has 0 atom stereocenters. The van der Waals surface area contributed by atoms with Gasteiger partial charge in [0.2, 0.25) is 0 Å². The lowest BCUT2D eigenvalue weighted by atomic mass is 9.73. The predicted molar refractivity (Wildman–Crippen MR) is 63.1 cm³/mol. The van der Waals surface area contributed by atoms with Crippen LogP contribution in [0.25, 0.3) is 0 Å². The number of hydrogen-bond donors (Lipinski definition) is 0. The van der Waals surface area contributed by atoms with Crippen LogP contribution < -0.4 is 0 Å². The van der Waals surface area contributed by atoms with Crippen LogP contribution in [0.4, 0.5) is 0 Å². The zero-order chi connectivity index (χ0) is 10.2. The molecule has 0 aromatic rings. The van der Waals surface area contributed by atoms with Gasteiger partial charge >= 0.3 is 0 Å². The molecule has 0 unspecified atom stereocenters. The van der Waals surface area contributed by atoms with Crippen LogP contribution in [-0.4, -0.2) is 41.6 Å². The van der Waals surface area contributed by atoms with Gasteiger partial charge in [-0.3, -0.25) is 0 Å². The molecule has 2 heterocycles. The highest BCUT2D eigenvalue weighted by Gasteiger charge is 2.44. The Morgan fingerprint density at radius 1 is 1.29 bits per heavy atom. The van der Waals surface area contributed by atoms with Crippen LogP contribution >= 0.6 is 11.9 Å². The molecule has 2 rings (SSSR count). The topological polar surface area (TPSA) is 6.48 Å². The van der Waals surface area contributed by atoms with Crippen LogP contribution in [-0.2, 0) is 0 Å². The Bertz CT molecular complexity index is 223. The first kappa shape index (κ1) is 10.4. The van der Waals surface area contributed by atoms with Gasteiger partial charge in [0.15, 0.2) is 0 Å². The highest BCUT2D eigenvalue weighted by atomic mass is 32.2. The Morgan fingerprint density at radius 3 is 2.29 bits per heavy atom. The van der Waals surface area contributed by atoms with Crippen LogP contribution in [0, 0.1) is 5.41 Å². The summed E-state index contributed by atoms with van der Waals surface area (Å²) in [4.78, 5) is 2.42. The van der Waals surface area contributed by atoms with Gasteiger partial charge in [-0.25, -0.2) is 4.31 Å². The largest absolute Gasteiger partial charge is 0.375 e. The van der Waals surface area contributed by atoms with Crippen molar-refractivity contribution >= 4 is 11.9 Å². The lowest BCUT2D eigenvalue weighted by molar-refractivity contribution is 0.0160. The molecular formula is C11H20N2S. The van der Waals surface area contributed by atoms with E-state index in [0.717, 1.165) is 0 Å². The van der Waals surface area contributed by atoms with E-state index in [1.165, 1.54) is 44.7 Å². The van der Waals surface area contributed by atoms with Crippen LogP contribution in [0.15, 0.2) is 12.3 Å². The Balaban J connectivity index is 1.82. The summed E-state index contributed by atoms with van der Waals surface area (Å²) in [6, 6.07) is 0. The molecule has 2 saturated heterocycles. The van der Waals surface area contributed by atoms with Crippen molar-refractivity contribution in [2.45, 2.75) is 19.8 Å². The van der Waals surface area contributed by atoms with E-state index in [2.05, 4.69) is 29.0 Å². The smallest absolute Gasteiger partial charge is 0.0180 e. The van der Waals surface area contributed by atoms with E-state index in [-0.39, 0.29) is 0 Å². The minimum absolute atomic E-state index is 0.662. The maximum absolute atomic E-state index is 4.01.